The zero-order valence-corrected chi connectivity index (χ0v) is 17.2. The minimum absolute atomic E-state index is 0.142. The minimum Gasteiger partial charge on any atom is -0.489 e. The molecule has 1 aromatic carbocycles. The third-order valence-electron chi connectivity index (χ3n) is 5.14. The lowest BCUT2D eigenvalue weighted by Crippen LogP contribution is -2.18. The van der Waals surface area contributed by atoms with Crippen molar-refractivity contribution in [2.45, 2.75) is 38.5 Å². The first-order chi connectivity index (χ1) is 14.3. The maximum absolute atomic E-state index is 12.5. The summed E-state index contributed by atoms with van der Waals surface area (Å²) in [5, 5.41) is 5.74. The van der Waals surface area contributed by atoms with Crippen LogP contribution in [0.4, 0.5) is 5.82 Å². The molecule has 1 saturated carbocycles. The minimum atomic E-state index is -0.142. The SMILES string of the molecule is O=C(Cc1csc(-c2ccccc2)n1)Nc1ncccc1OCC1CCCCC1. The molecule has 0 spiro atoms. The van der Waals surface area contributed by atoms with Crippen LogP contribution in [-0.2, 0) is 11.2 Å². The highest BCUT2D eigenvalue weighted by Gasteiger charge is 2.16. The van der Waals surface area contributed by atoms with E-state index in [0.29, 0.717) is 24.1 Å². The van der Waals surface area contributed by atoms with Crippen LogP contribution in [0.3, 0.4) is 0 Å². The zero-order chi connectivity index (χ0) is 19.9. The van der Waals surface area contributed by atoms with Gasteiger partial charge < -0.3 is 10.1 Å². The van der Waals surface area contributed by atoms with Crippen LogP contribution in [0.2, 0.25) is 0 Å². The van der Waals surface area contributed by atoms with Crippen LogP contribution < -0.4 is 10.1 Å². The number of nitrogens with zero attached hydrogens (tertiary/aromatic N) is 2. The van der Waals surface area contributed by atoms with Gasteiger partial charge in [-0.15, -0.1) is 11.3 Å². The molecular weight excluding hydrogens is 382 g/mol. The Morgan fingerprint density at radius 1 is 1.10 bits per heavy atom. The van der Waals surface area contributed by atoms with Crippen molar-refractivity contribution in [1.82, 2.24) is 9.97 Å². The first-order valence-corrected chi connectivity index (χ1v) is 11.0. The summed E-state index contributed by atoms with van der Waals surface area (Å²) >= 11 is 1.55. The van der Waals surface area contributed by atoms with Crippen molar-refractivity contribution in [2.75, 3.05) is 11.9 Å². The van der Waals surface area contributed by atoms with Gasteiger partial charge in [0, 0.05) is 17.1 Å². The number of pyridine rings is 1. The van der Waals surface area contributed by atoms with Crippen molar-refractivity contribution in [2.24, 2.45) is 5.92 Å². The summed E-state index contributed by atoms with van der Waals surface area (Å²) < 4.78 is 6.00. The number of carbonyl (C=O) groups excluding carboxylic acids is 1. The lowest BCUT2D eigenvalue weighted by Gasteiger charge is -2.22. The maximum Gasteiger partial charge on any atom is 0.231 e. The number of amides is 1. The number of hydrogen-bond acceptors (Lipinski definition) is 5. The fraction of sp³-hybridized carbons (Fsp3) is 0.348. The molecule has 6 heteroatoms. The molecular formula is C23H25N3O2S. The molecule has 0 bridgehead atoms. The number of nitrogens with one attached hydrogen (secondary N) is 1. The molecule has 2 heterocycles. The summed E-state index contributed by atoms with van der Waals surface area (Å²) in [6.45, 7) is 0.682. The number of ether oxygens (including phenoxy) is 1. The van der Waals surface area contributed by atoms with Gasteiger partial charge in [-0.3, -0.25) is 4.79 Å². The van der Waals surface area contributed by atoms with Crippen LogP contribution >= 0.6 is 11.3 Å². The van der Waals surface area contributed by atoms with Gasteiger partial charge in [0.25, 0.3) is 0 Å². The van der Waals surface area contributed by atoms with E-state index in [2.05, 4.69) is 15.3 Å². The van der Waals surface area contributed by atoms with Crippen LogP contribution in [0.1, 0.15) is 37.8 Å². The second-order valence-corrected chi connectivity index (χ2v) is 8.26. The van der Waals surface area contributed by atoms with E-state index in [4.69, 9.17) is 4.74 Å². The molecule has 2 aromatic heterocycles. The number of thiazole rings is 1. The quantitative estimate of drug-likeness (QED) is 0.574. The van der Waals surface area contributed by atoms with Crippen molar-refractivity contribution >= 4 is 23.1 Å². The predicted molar refractivity (Wildman–Crippen MR) is 116 cm³/mol. The average molecular weight is 408 g/mol. The Morgan fingerprint density at radius 3 is 2.76 bits per heavy atom. The van der Waals surface area contributed by atoms with E-state index in [1.165, 1.54) is 32.1 Å². The second-order valence-electron chi connectivity index (χ2n) is 7.40. The van der Waals surface area contributed by atoms with Gasteiger partial charge in [0.15, 0.2) is 11.6 Å². The van der Waals surface area contributed by atoms with Gasteiger partial charge in [-0.25, -0.2) is 9.97 Å². The van der Waals surface area contributed by atoms with E-state index >= 15 is 0 Å². The Balaban J connectivity index is 1.35. The summed E-state index contributed by atoms with van der Waals surface area (Å²) in [5.74, 6) is 1.57. The molecule has 1 N–H and O–H groups in total. The maximum atomic E-state index is 12.5. The standard InChI is InChI=1S/C23H25N3O2S/c27-21(14-19-16-29-23(25-19)18-10-5-2-6-11-18)26-22-20(12-7-13-24-22)28-15-17-8-3-1-4-9-17/h2,5-7,10-13,16-17H,1,3-4,8-9,14-15H2,(H,24,26,27). The molecule has 0 aliphatic heterocycles. The molecule has 1 aliphatic carbocycles. The molecule has 4 rings (SSSR count). The summed E-state index contributed by atoms with van der Waals surface area (Å²) in [4.78, 5) is 21.4. The molecule has 0 saturated heterocycles. The summed E-state index contributed by atoms with van der Waals surface area (Å²) in [7, 11) is 0. The van der Waals surface area contributed by atoms with Crippen molar-refractivity contribution in [3.05, 3.63) is 59.7 Å². The monoisotopic (exact) mass is 407 g/mol. The third kappa shape index (κ3) is 5.41. The van der Waals surface area contributed by atoms with Crippen LogP contribution in [0.15, 0.2) is 54.0 Å². The van der Waals surface area contributed by atoms with E-state index in [-0.39, 0.29) is 12.3 Å². The normalized spacial score (nSPS) is 14.5. The number of benzene rings is 1. The second kappa shape index (κ2) is 9.65. The fourth-order valence-electron chi connectivity index (χ4n) is 3.60. The molecule has 5 nitrogen and oxygen atoms in total. The van der Waals surface area contributed by atoms with E-state index in [9.17, 15) is 4.79 Å². The number of aromatic nitrogens is 2. The fourth-order valence-corrected chi connectivity index (χ4v) is 4.43. The molecule has 0 atom stereocenters. The lowest BCUT2D eigenvalue weighted by atomic mass is 9.90. The van der Waals surface area contributed by atoms with Gasteiger partial charge in [0.1, 0.15) is 5.01 Å². The van der Waals surface area contributed by atoms with E-state index in [1.807, 2.05) is 47.8 Å². The molecule has 150 valence electrons. The van der Waals surface area contributed by atoms with E-state index in [0.717, 1.165) is 16.3 Å². The highest BCUT2D eigenvalue weighted by molar-refractivity contribution is 7.13. The van der Waals surface area contributed by atoms with Gasteiger partial charge in [0.2, 0.25) is 5.91 Å². The Morgan fingerprint density at radius 2 is 1.93 bits per heavy atom. The molecule has 1 fully saturated rings. The van der Waals surface area contributed by atoms with Crippen molar-refractivity contribution in [3.63, 3.8) is 0 Å². The third-order valence-corrected chi connectivity index (χ3v) is 6.08. The molecule has 1 amide bonds. The number of anilines is 1. The number of carbonyl (C=O) groups is 1. The summed E-state index contributed by atoms with van der Waals surface area (Å²) in [6.07, 6.45) is 8.20. The largest absolute Gasteiger partial charge is 0.489 e. The smallest absolute Gasteiger partial charge is 0.231 e. The van der Waals surface area contributed by atoms with Gasteiger partial charge >= 0.3 is 0 Å². The lowest BCUT2D eigenvalue weighted by molar-refractivity contribution is -0.115. The Kier molecular flexibility index (Phi) is 6.52. The van der Waals surface area contributed by atoms with Crippen LogP contribution in [0.25, 0.3) is 10.6 Å². The summed E-state index contributed by atoms with van der Waals surface area (Å²) in [6, 6.07) is 13.7. The van der Waals surface area contributed by atoms with E-state index < -0.39 is 0 Å². The molecule has 0 unspecified atom stereocenters. The van der Waals surface area contributed by atoms with Gasteiger partial charge in [-0.1, -0.05) is 49.6 Å². The predicted octanol–water partition coefficient (Wildman–Crippen LogP) is 5.35. The van der Waals surface area contributed by atoms with Crippen LogP contribution in [0, 0.1) is 5.92 Å². The molecule has 0 radical (unpaired) electrons. The molecule has 3 aromatic rings. The Bertz CT molecular complexity index is 936. The molecule has 1 aliphatic rings. The topological polar surface area (TPSA) is 64.1 Å². The first-order valence-electron chi connectivity index (χ1n) is 10.2. The van der Waals surface area contributed by atoms with Crippen LogP contribution in [0.5, 0.6) is 5.75 Å². The number of rotatable bonds is 7. The Hall–Kier alpha value is -2.73. The summed E-state index contributed by atoms with van der Waals surface area (Å²) in [5.41, 5.74) is 1.82. The van der Waals surface area contributed by atoms with Gasteiger partial charge in [-0.05, 0) is 30.9 Å². The Labute approximate surface area is 175 Å². The van der Waals surface area contributed by atoms with Crippen molar-refractivity contribution < 1.29 is 9.53 Å². The number of hydrogen-bond donors (Lipinski definition) is 1. The highest BCUT2D eigenvalue weighted by Crippen LogP contribution is 2.27. The van der Waals surface area contributed by atoms with Crippen molar-refractivity contribution in [3.8, 4) is 16.3 Å². The average Bonchev–Trinajstić information content (AvgIpc) is 3.23. The van der Waals surface area contributed by atoms with Gasteiger partial charge in [0.05, 0.1) is 18.7 Å². The molecule has 29 heavy (non-hydrogen) atoms. The zero-order valence-electron chi connectivity index (χ0n) is 16.3. The van der Waals surface area contributed by atoms with Gasteiger partial charge in [-0.2, -0.15) is 0 Å². The first kappa shape index (κ1) is 19.6. The van der Waals surface area contributed by atoms with Crippen LogP contribution in [-0.4, -0.2) is 22.5 Å². The highest BCUT2D eigenvalue weighted by atomic mass is 32.1. The van der Waals surface area contributed by atoms with Crippen molar-refractivity contribution in [1.29, 1.82) is 0 Å². The van der Waals surface area contributed by atoms with E-state index in [1.54, 1.807) is 17.5 Å².